The van der Waals surface area contributed by atoms with E-state index in [4.69, 9.17) is 4.74 Å². The van der Waals surface area contributed by atoms with Gasteiger partial charge in [-0.2, -0.15) is 0 Å². The number of unbranched alkanes of at least 4 members (excludes halogenated alkanes) is 2. The molecule has 0 bridgehead atoms. The Morgan fingerprint density at radius 1 is 1.20 bits per heavy atom. The second-order valence-electron chi connectivity index (χ2n) is 5.49. The van der Waals surface area contributed by atoms with Gasteiger partial charge < -0.3 is 9.84 Å². The van der Waals surface area contributed by atoms with E-state index in [1.54, 1.807) is 0 Å². The summed E-state index contributed by atoms with van der Waals surface area (Å²) in [5.74, 6) is 1.09. The molecule has 3 unspecified atom stereocenters. The lowest BCUT2D eigenvalue weighted by Gasteiger charge is -2.21. The number of hydrazine groups is 1. The Balaban J connectivity index is 2.07. The van der Waals surface area contributed by atoms with Gasteiger partial charge in [-0.05, 0) is 19.4 Å². The van der Waals surface area contributed by atoms with Crippen molar-refractivity contribution in [1.82, 2.24) is 10.9 Å². The molecule has 1 heterocycles. The smallest absolute Gasteiger partial charge is 0.124 e. The van der Waals surface area contributed by atoms with Crippen molar-refractivity contribution in [2.24, 2.45) is 5.92 Å². The molecule has 112 valence electrons. The molecule has 0 saturated carbocycles. The van der Waals surface area contributed by atoms with E-state index < -0.39 is 0 Å². The summed E-state index contributed by atoms with van der Waals surface area (Å²) in [5, 5.41) is 9.58. The molecule has 0 spiro atoms. The Bertz CT molecular complexity index is 411. The normalized spacial score (nSPS) is 25.9. The standard InChI is InChI=1S/C16H26N2O2/c1-3-4-7-10-20-15-9-6-5-8-13(15)16-14(11-19)12(2)17-18-16/h5-6,8-9,12,14,16-19H,3-4,7,10-11H2,1-2H3. The molecule has 0 aliphatic carbocycles. The van der Waals surface area contributed by atoms with Crippen molar-refractivity contribution in [3.63, 3.8) is 0 Å². The van der Waals surface area contributed by atoms with Crippen LogP contribution in [0.2, 0.25) is 0 Å². The minimum Gasteiger partial charge on any atom is -0.493 e. The van der Waals surface area contributed by atoms with Crippen molar-refractivity contribution in [3.05, 3.63) is 29.8 Å². The summed E-state index contributed by atoms with van der Waals surface area (Å²) in [6.07, 6.45) is 3.48. The molecule has 2 rings (SSSR count). The number of hydrogen-bond donors (Lipinski definition) is 3. The van der Waals surface area contributed by atoms with Crippen molar-refractivity contribution in [2.45, 2.75) is 45.2 Å². The fourth-order valence-electron chi connectivity index (χ4n) is 2.70. The number of para-hydroxylation sites is 1. The van der Waals surface area contributed by atoms with Crippen LogP contribution in [0.4, 0.5) is 0 Å². The van der Waals surface area contributed by atoms with E-state index in [0.717, 1.165) is 24.3 Å². The van der Waals surface area contributed by atoms with Gasteiger partial charge in [0.1, 0.15) is 5.75 Å². The van der Waals surface area contributed by atoms with E-state index in [-0.39, 0.29) is 24.6 Å². The van der Waals surface area contributed by atoms with Crippen molar-refractivity contribution >= 4 is 0 Å². The van der Waals surface area contributed by atoms with E-state index in [9.17, 15) is 5.11 Å². The molecule has 4 nitrogen and oxygen atoms in total. The maximum Gasteiger partial charge on any atom is 0.124 e. The Kier molecular flexibility index (Phi) is 5.83. The first-order valence-corrected chi connectivity index (χ1v) is 7.61. The Morgan fingerprint density at radius 2 is 2.00 bits per heavy atom. The number of ether oxygens (including phenoxy) is 1. The van der Waals surface area contributed by atoms with Gasteiger partial charge in [-0.1, -0.05) is 38.0 Å². The summed E-state index contributed by atoms with van der Waals surface area (Å²) >= 11 is 0. The molecule has 1 aromatic carbocycles. The number of rotatable bonds is 7. The van der Waals surface area contributed by atoms with E-state index >= 15 is 0 Å². The van der Waals surface area contributed by atoms with Gasteiger partial charge in [-0.25, -0.2) is 5.43 Å². The third kappa shape index (κ3) is 3.51. The van der Waals surface area contributed by atoms with Crippen LogP contribution in [0.5, 0.6) is 5.75 Å². The summed E-state index contributed by atoms with van der Waals surface area (Å²) < 4.78 is 5.93. The van der Waals surface area contributed by atoms with Gasteiger partial charge in [0.05, 0.1) is 12.6 Å². The molecule has 1 aliphatic heterocycles. The summed E-state index contributed by atoms with van der Waals surface area (Å²) in [7, 11) is 0. The van der Waals surface area contributed by atoms with E-state index in [1.165, 1.54) is 12.8 Å². The van der Waals surface area contributed by atoms with Crippen LogP contribution >= 0.6 is 0 Å². The molecule has 3 atom stereocenters. The molecule has 0 aromatic heterocycles. The third-order valence-corrected chi connectivity index (χ3v) is 4.01. The van der Waals surface area contributed by atoms with Crippen LogP contribution < -0.4 is 15.6 Å². The van der Waals surface area contributed by atoms with Gasteiger partial charge in [0.2, 0.25) is 0 Å². The van der Waals surface area contributed by atoms with Gasteiger partial charge in [-0.15, -0.1) is 0 Å². The molecule has 1 saturated heterocycles. The minimum absolute atomic E-state index is 0.0948. The molecule has 0 radical (unpaired) electrons. The largest absolute Gasteiger partial charge is 0.493 e. The van der Waals surface area contributed by atoms with Crippen LogP contribution in [0.1, 0.15) is 44.7 Å². The van der Waals surface area contributed by atoms with Gasteiger partial charge in [-0.3, -0.25) is 5.43 Å². The summed E-state index contributed by atoms with van der Waals surface area (Å²) in [4.78, 5) is 0. The number of benzene rings is 1. The number of aliphatic hydroxyl groups is 1. The van der Waals surface area contributed by atoms with Crippen LogP contribution in [0.15, 0.2) is 24.3 Å². The van der Waals surface area contributed by atoms with Crippen molar-refractivity contribution in [2.75, 3.05) is 13.2 Å². The van der Waals surface area contributed by atoms with Crippen LogP contribution in [0.3, 0.4) is 0 Å². The summed E-state index contributed by atoms with van der Waals surface area (Å²) in [6.45, 7) is 5.19. The molecule has 4 heteroatoms. The van der Waals surface area contributed by atoms with Crippen molar-refractivity contribution < 1.29 is 9.84 Å². The first kappa shape index (κ1) is 15.3. The lowest BCUT2D eigenvalue weighted by Crippen LogP contribution is -2.29. The third-order valence-electron chi connectivity index (χ3n) is 4.01. The van der Waals surface area contributed by atoms with Crippen molar-refractivity contribution in [1.29, 1.82) is 0 Å². The lowest BCUT2D eigenvalue weighted by molar-refractivity contribution is 0.202. The van der Waals surface area contributed by atoms with Crippen LogP contribution in [0, 0.1) is 5.92 Å². The minimum atomic E-state index is 0.0948. The highest BCUT2D eigenvalue weighted by atomic mass is 16.5. The quantitative estimate of drug-likeness (QED) is 0.670. The zero-order valence-electron chi connectivity index (χ0n) is 12.4. The Morgan fingerprint density at radius 3 is 2.75 bits per heavy atom. The number of nitrogens with one attached hydrogen (secondary N) is 2. The highest BCUT2D eigenvalue weighted by Gasteiger charge is 2.34. The maximum atomic E-state index is 9.58. The van der Waals surface area contributed by atoms with E-state index in [1.807, 2.05) is 18.2 Å². The zero-order valence-corrected chi connectivity index (χ0v) is 12.4. The monoisotopic (exact) mass is 278 g/mol. The molecule has 1 fully saturated rings. The first-order valence-electron chi connectivity index (χ1n) is 7.61. The topological polar surface area (TPSA) is 53.5 Å². The SMILES string of the molecule is CCCCCOc1ccccc1C1NNC(C)C1CO. The number of hydrogen-bond acceptors (Lipinski definition) is 4. The van der Waals surface area contributed by atoms with Crippen molar-refractivity contribution in [3.8, 4) is 5.75 Å². The zero-order chi connectivity index (χ0) is 14.4. The number of aliphatic hydroxyl groups excluding tert-OH is 1. The molecule has 20 heavy (non-hydrogen) atoms. The predicted octanol–water partition coefficient (Wildman–Crippen LogP) is 2.40. The first-order chi connectivity index (χ1) is 9.77. The lowest BCUT2D eigenvalue weighted by atomic mass is 9.90. The average molecular weight is 278 g/mol. The molecular formula is C16H26N2O2. The highest BCUT2D eigenvalue weighted by Crippen LogP contribution is 2.34. The van der Waals surface area contributed by atoms with Crippen LogP contribution in [-0.2, 0) is 0 Å². The fraction of sp³-hybridized carbons (Fsp3) is 0.625. The van der Waals surface area contributed by atoms with E-state index in [0.29, 0.717) is 0 Å². The molecule has 1 aliphatic rings. The van der Waals surface area contributed by atoms with Gasteiger partial charge in [0.25, 0.3) is 0 Å². The Labute approximate surface area is 121 Å². The van der Waals surface area contributed by atoms with Crippen LogP contribution in [0.25, 0.3) is 0 Å². The molecule has 0 amide bonds. The highest BCUT2D eigenvalue weighted by molar-refractivity contribution is 5.37. The van der Waals surface area contributed by atoms with Gasteiger partial charge in [0, 0.05) is 24.1 Å². The van der Waals surface area contributed by atoms with Crippen LogP contribution in [-0.4, -0.2) is 24.4 Å². The molecule has 3 N–H and O–H groups in total. The van der Waals surface area contributed by atoms with Gasteiger partial charge >= 0.3 is 0 Å². The van der Waals surface area contributed by atoms with Gasteiger partial charge in [0.15, 0.2) is 0 Å². The average Bonchev–Trinajstić information content (AvgIpc) is 2.85. The second-order valence-corrected chi connectivity index (χ2v) is 5.49. The van der Waals surface area contributed by atoms with E-state index in [2.05, 4.69) is 30.8 Å². The molecular weight excluding hydrogens is 252 g/mol. The fourth-order valence-corrected chi connectivity index (χ4v) is 2.70. The predicted molar refractivity (Wildman–Crippen MR) is 80.5 cm³/mol. The second kappa shape index (κ2) is 7.62. The maximum absolute atomic E-state index is 9.58. The Hall–Kier alpha value is -1.10. The summed E-state index contributed by atoms with van der Waals surface area (Å²) in [5.41, 5.74) is 7.61. The molecule has 1 aromatic rings. The summed E-state index contributed by atoms with van der Waals surface area (Å²) in [6, 6.07) is 8.46.